The van der Waals surface area contributed by atoms with Crippen LogP contribution in [0.25, 0.3) is 0 Å². The van der Waals surface area contributed by atoms with Gasteiger partial charge in [-0.3, -0.25) is 9.69 Å². The molecule has 0 aliphatic carbocycles. The second-order valence-corrected chi connectivity index (χ2v) is 5.23. The minimum Gasteiger partial charge on any atom is -0.508 e. The normalized spacial score (nSPS) is 17.4. The predicted octanol–water partition coefficient (Wildman–Crippen LogP) is 2.59. The Balaban J connectivity index is 2.05. The van der Waals surface area contributed by atoms with Crippen LogP contribution in [0.15, 0.2) is 18.2 Å². The molecule has 122 valence electrons. The molecule has 22 heavy (non-hydrogen) atoms. The monoisotopic (exact) mass is 319 g/mol. The van der Waals surface area contributed by atoms with Crippen molar-refractivity contribution in [2.75, 3.05) is 13.1 Å². The van der Waals surface area contributed by atoms with Gasteiger partial charge in [0.15, 0.2) is 0 Å². The standard InChI is InChI=1S/C14H16F3NO4/c15-14(16,17)22-12-7-11(19)2-1-10(12)8-18-5-3-9(4-6-18)13(20)21/h1-2,7,9,19H,3-6,8H2,(H,20,21). The van der Waals surface area contributed by atoms with Gasteiger partial charge in [0.1, 0.15) is 11.5 Å². The molecule has 0 atom stereocenters. The number of aliphatic carboxylic acids is 1. The number of halogens is 3. The Hall–Kier alpha value is -1.96. The SMILES string of the molecule is O=C(O)C1CCN(Cc2ccc(O)cc2OC(F)(F)F)CC1. The van der Waals surface area contributed by atoms with Gasteiger partial charge in [-0.2, -0.15) is 0 Å². The first-order valence-corrected chi connectivity index (χ1v) is 6.77. The van der Waals surface area contributed by atoms with E-state index in [2.05, 4.69) is 4.74 Å². The third-order valence-corrected chi connectivity index (χ3v) is 3.61. The van der Waals surface area contributed by atoms with Crippen molar-refractivity contribution in [2.45, 2.75) is 25.7 Å². The fourth-order valence-electron chi connectivity index (χ4n) is 2.47. The molecule has 1 aromatic rings. The average molecular weight is 319 g/mol. The quantitative estimate of drug-likeness (QED) is 0.893. The van der Waals surface area contributed by atoms with Gasteiger partial charge in [0.2, 0.25) is 0 Å². The van der Waals surface area contributed by atoms with Gasteiger partial charge in [0.05, 0.1) is 5.92 Å². The summed E-state index contributed by atoms with van der Waals surface area (Å²) in [5, 5.41) is 18.2. The lowest BCUT2D eigenvalue weighted by molar-refractivity contribution is -0.275. The number of benzene rings is 1. The van der Waals surface area contributed by atoms with Crippen molar-refractivity contribution < 1.29 is 32.9 Å². The van der Waals surface area contributed by atoms with Gasteiger partial charge in [-0.05, 0) is 32.0 Å². The molecule has 0 spiro atoms. The van der Waals surface area contributed by atoms with E-state index in [1.165, 1.54) is 12.1 Å². The van der Waals surface area contributed by atoms with Crippen LogP contribution in [-0.2, 0) is 11.3 Å². The molecule has 1 fully saturated rings. The molecule has 0 radical (unpaired) electrons. The van der Waals surface area contributed by atoms with Gasteiger partial charge in [0, 0.05) is 18.2 Å². The number of phenols is 1. The number of rotatable bonds is 4. The summed E-state index contributed by atoms with van der Waals surface area (Å²) >= 11 is 0. The van der Waals surface area contributed by atoms with Crippen LogP contribution in [0.1, 0.15) is 18.4 Å². The minimum absolute atomic E-state index is 0.206. The zero-order valence-electron chi connectivity index (χ0n) is 11.6. The summed E-state index contributed by atoms with van der Waals surface area (Å²) in [5.41, 5.74) is 0.295. The highest BCUT2D eigenvalue weighted by atomic mass is 19.4. The van der Waals surface area contributed by atoms with Crippen molar-refractivity contribution in [2.24, 2.45) is 5.92 Å². The van der Waals surface area contributed by atoms with E-state index in [4.69, 9.17) is 5.11 Å². The summed E-state index contributed by atoms with van der Waals surface area (Å²) < 4.78 is 41.1. The topological polar surface area (TPSA) is 70.0 Å². The Labute approximate surface area is 124 Å². The highest BCUT2D eigenvalue weighted by Crippen LogP contribution is 2.31. The maximum Gasteiger partial charge on any atom is 0.573 e. The largest absolute Gasteiger partial charge is 0.573 e. The molecule has 0 bridgehead atoms. The fraction of sp³-hybridized carbons (Fsp3) is 0.500. The number of likely N-dealkylation sites (tertiary alicyclic amines) is 1. The molecule has 0 unspecified atom stereocenters. The Morgan fingerprint density at radius 1 is 1.32 bits per heavy atom. The number of hydrogen-bond donors (Lipinski definition) is 2. The lowest BCUT2D eigenvalue weighted by atomic mass is 9.97. The summed E-state index contributed by atoms with van der Waals surface area (Å²) in [4.78, 5) is 12.7. The Bertz CT molecular complexity index is 539. The first-order chi connectivity index (χ1) is 10.2. The van der Waals surface area contributed by atoms with E-state index in [1.807, 2.05) is 4.90 Å². The number of ether oxygens (including phenoxy) is 1. The van der Waals surface area contributed by atoms with Gasteiger partial charge in [-0.1, -0.05) is 6.07 Å². The number of carboxylic acids is 1. The number of phenolic OH excluding ortho intramolecular Hbond substituents is 1. The fourth-order valence-corrected chi connectivity index (χ4v) is 2.47. The van der Waals surface area contributed by atoms with Gasteiger partial charge in [-0.15, -0.1) is 13.2 Å². The highest BCUT2D eigenvalue weighted by Gasteiger charge is 2.33. The van der Waals surface area contributed by atoms with Crippen LogP contribution in [0.4, 0.5) is 13.2 Å². The second kappa shape index (κ2) is 6.43. The lowest BCUT2D eigenvalue weighted by Crippen LogP contribution is -2.36. The summed E-state index contributed by atoms with van der Waals surface area (Å²) in [6, 6.07) is 3.59. The van der Waals surface area contributed by atoms with Crippen LogP contribution < -0.4 is 4.74 Å². The molecular formula is C14H16F3NO4. The number of carboxylic acid groups (broad SMARTS) is 1. The first-order valence-electron chi connectivity index (χ1n) is 6.77. The number of carbonyl (C=O) groups is 1. The third kappa shape index (κ3) is 4.52. The Kier molecular flexibility index (Phi) is 4.80. The molecule has 0 amide bonds. The third-order valence-electron chi connectivity index (χ3n) is 3.61. The van der Waals surface area contributed by atoms with E-state index >= 15 is 0 Å². The maximum atomic E-state index is 12.4. The highest BCUT2D eigenvalue weighted by molar-refractivity contribution is 5.70. The van der Waals surface area contributed by atoms with E-state index < -0.39 is 24.0 Å². The maximum absolute atomic E-state index is 12.4. The van der Waals surface area contributed by atoms with E-state index in [-0.39, 0.29) is 12.3 Å². The Morgan fingerprint density at radius 2 is 1.95 bits per heavy atom. The molecule has 0 aromatic heterocycles. The summed E-state index contributed by atoms with van der Waals surface area (Å²) in [6.07, 6.45) is -3.91. The van der Waals surface area contributed by atoms with E-state index in [9.17, 15) is 23.1 Å². The van der Waals surface area contributed by atoms with Crippen LogP contribution >= 0.6 is 0 Å². The van der Waals surface area contributed by atoms with Crippen molar-refractivity contribution in [1.29, 1.82) is 0 Å². The smallest absolute Gasteiger partial charge is 0.508 e. The number of hydrogen-bond acceptors (Lipinski definition) is 4. The van der Waals surface area contributed by atoms with Crippen molar-refractivity contribution in [1.82, 2.24) is 4.90 Å². The van der Waals surface area contributed by atoms with E-state index in [0.717, 1.165) is 6.07 Å². The molecule has 1 heterocycles. The molecule has 8 heteroatoms. The molecule has 0 saturated carbocycles. The van der Waals surface area contributed by atoms with Crippen molar-refractivity contribution in [3.8, 4) is 11.5 Å². The summed E-state index contributed by atoms with van der Waals surface area (Å²) in [6.45, 7) is 1.19. The number of piperidine rings is 1. The minimum atomic E-state index is -4.83. The molecule has 2 rings (SSSR count). The zero-order chi connectivity index (χ0) is 16.3. The zero-order valence-corrected chi connectivity index (χ0v) is 11.6. The van der Waals surface area contributed by atoms with Gasteiger partial charge in [-0.25, -0.2) is 0 Å². The first kappa shape index (κ1) is 16.4. The summed E-state index contributed by atoms with van der Waals surface area (Å²) in [7, 11) is 0. The van der Waals surface area contributed by atoms with E-state index in [1.54, 1.807) is 0 Å². The Morgan fingerprint density at radius 3 is 2.50 bits per heavy atom. The number of nitrogens with zero attached hydrogens (tertiary/aromatic N) is 1. The molecular weight excluding hydrogens is 303 g/mol. The van der Waals surface area contributed by atoms with Crippen LogP contribution in [-0.4, -0.2) is 40.5 Å². The van der Waals surface area contributed by atoms with Crippen molar-refractivity contribution >= 4 is 5.97 Å². The summed E-state index contributed by atoms with van der Waals surface area (Å²) in [5.74, 6) is -1.99. The predicted molar refractivity (Wildman–Crippen MR) is 70.4 cm³/mol. The molecule has 2 N–H and O–H groups in total. The number of aromatic hydroxyl groups is 1. The van der Waals surface area contributed by atoms with Gasteiger partial charge < -0.3 is 14.9 Å². The van der Waals surface area contributed by atoms with Crippen molar-refractivity contribution in [3.05, 3.63) is 23.8 Å². The van der Waals surface area contributed by atoms with Gasteiger partial charge >= 0.3 is 12.3 Å². The molecule has 1 aliphatic rings. The van der Waals surface area contributed by atoms with Crippen LogP contribution in [0, 0.1) is 5.92 Å². The van der Waals surface area contributed by atoms with Crippen LogP contribution in [0.5, 0.6) is 11.5 Å². The van der Waals surface area contributed by atoms with Crippen LogP contribution in [0.3, 0.4) is 0 Å². The molecule has 1 aromatic carbocycles. The average Bonchev–Trinajstić information content (AvgIpc) is 2.41. The van der Waals surface area contributed by atoms with Gasteiger partial charge in [0.25, 0.3) is 0 Å². The van der Waals surface area contributed by atoms with Crippen molar-refractivity contribution in [3.63, 3.8) is 0 Å². The van der Waals surface area contributed by atoms with Crippen LogP contribution in [0.2, 0.25) is 0 Å². The molecule has 1 saturated heterocycles. The number of alkyl halides is 3. The second-order valence-electron chi connectivity index (χ2n) is 5.23. The van der Waals surface area contributed by atoms with E-state index in [0.29, 0.717) is 31.5 Å². The molecule has 5 nitrogen and oxygen atoms in total. The molecule has 1 aliphatic heterocycles. The lowest BCUT2D eigenvalue weighted by Gasteiger charge is -2.30.